The minimum absolute atomic E-state index is 0.381. The van der Waals surface area contributed by atoms with E-state index in [1.165, 1.54) is 0 Å². The van der Waals surface area contributed by atoms with E-state index >= 15 is 0 Å². The van der Waals surface area contributed by atoms with Crippen LogP contribution in [0.5, 0.6) is 0 Å². The van der Waals surface area contributed by atoms with Gasteiger partial charge in [0.1, 0.15) is 5.84 Å². The summed E-state index contributed by atoms with van der Waals surface area (Å²) in [6.07, 6.45) is 7.75. The molecule has 0 aromatic heterocycles. The number of rotatable bonds is 7. The van der Waals surface area contributed by atoms with Crippen LogP contribution in [0.4, 0.5) is 0 Å². The van der Waals surface area contributed by atoms with Crippen molar-refractivity contribution in [3.8, 4) is 0 Å². The van der Waals surface area contributed by atoms with Gasteiger partial charge in [0.15, 0.2) is 0 Å². The number of halogens is 1. The van der Waals surface area contributed by atoms with Crippen LogP contribution in [0.1, 0.15) is 38.7 Å². The molecule has 4 N–H and O–H groups in total. The lowest BCUT2D eigenvalue weighted by molar-refractivity contribution is 0.810. The Morgan fingerprint density at radius 3 is 2.82 bits per heavy atom. The number of nitrogens with zero attached hydrogens (tertiary/aromatic N) is 2. The van der Waals surface area contributed by atoms with Crippen molar-refractivity contribution >= 4 is 34.9 Å². The Labute approximate surface area is 172 Å². The maximum Gasteiger partial charge on any atom is 0.125 e. The summed E-state index contributed by atoms with van der Waals surface area (Å²) in [5.41, 5.74) is 11.1. The van der Waals surface area contributed by atoms with Crippen molar-refractivity contribution in [2.45, 2.75) is 33.1 Å². The molecule has 0 amide bonds. The molecule has 0 saturated heterocycles. The van der Waals surface area contributed by atoms with Gasteiger partial charge in [-0.25, -0.2) is 4.99 Å². The molecule has 1 aliphatic carbocycles. The Bertz CT molecular complexity index is 875. The maximum absolute atomic E-state index is 8.56. The van der Waals surface area contributed by atoms with Gasteiger partial charge >= 0.3 is 0 Å². The zero-order chi connectivity index (χ0) is 20.5. The first-order valence-electron chi connectivity index (χ1n) is 9.42. The molecular weight excluding hydrogens is 370 g/mol. The van der Waals surface area contributed by atoms with Gasteiger partial charge in [0, 0.05) is 42.3 Å². The van der Waals surface area contributed by atoms with E-state index in [9.17, 15) is 0 Å². The van der Waals surface area contributed by atoms with E-state index in [-0.39, 0.29) is 0 Å². The largest absolute Gasteiger partial charge is 0.391 e. The van der Waals surface area contributed by atoms with Gasteiger partial charge in [0.05, 0.1) is 5.70 Å². The van der Waals surface area contributed by atoms with Crippen molar-refractivity contribution in [1.29, 1.82) is 5.41 Å². The fourth-order valence-electron chi connectivity index (χ4n) is 3.02. The smallest absolute Gasteiger partial charge is 0.125 e. The summed E-state index contributed by atoms with van der Waals surface area (Å²) in [7, 11) is 1.74. The molecule has 2 rings (SSSR count). The van der Waals surface area contributed by atoms with Crippen molar-refractivity contribution in [2.24, 2.45) is 15.7 Å². The average molecular weight is 398 g/mol. The lowest BCUT2D eigenvalue weighted by Crippen LogP contribution is -2.18. The van der Waals surface area contributed by atoms with Crippen LogP contribution in [-0.2, 0) is 0 Å². The van der Waals surface area contributed by atoms with E-state index in [1.807, 2.05) is 37.4 Å². The Morgan fingerprint density at radius 1 is 1.36 bits per heavy atom. The van der Waals surface area contributed by atoms with Gasteiger partial charge in [-0.05, 0) is 61.1 Å². The first-order valence-corrected chi connectivity index (χ1v) is 9.80. The standard InChI is InChI=1S/C22H28ClN5/c1-4-11-27-12-10-20(25)28-22-17(14-26-3)8-9-19(24)21(22)15(2)16-6-5-7-18(23)13-16/h5-7,10,12-14,24,27H,4,8-9,11H2,1-3H3,(H2,25,28)/b12-10-,21-15-,24-19?,26-14?. The third-order valence-electron chi connectivity index (χ3n) is 4.41. The maximum atomic E-state index is 8.56. The third kappa shape index (κ3) is 5.67. The highest BCUT2D eigenvalue weighted by Gasteiger charge is 2.23. The van der Waals surface area contributed by atoms with Crippen LogP contribution in [0.3, 0.4) is 0 Å². The van der Waals surface area contributed by atoms with E-state index in [0.717, 1.165) is 35.2 Å². The van der Waals surface area contributed by atoms with Crippen LogP contribution in [-0.4, -0.2) is 31.4 Å². The van der Waals surface area contributed by atoms with E-state index in [0.29, 0.717) is 35.1 Å². The number of hydrogen-bond acceptors (Lipinski definition) is 4. The van der Waals surface area contributed by atoms with E-state index in [1.54, 1.807) is 19.3 Å². The number of amidine groups is 1. The Kier molecular flexibility index (Phi) is 8.20. The summed E-state index contributed by atoms with van der Waals surface area (Å²) in [6.45, 7) is 4.97. The van der Waals surface area contributed by atoms with Crippen molar-refractivity contribution in [3.63, 3.8) is 0 Å². The van der Waals surface area contributed by atoms with Crippen molar-refractivity contribution in [3.05, 3.63) is 64.0 Å². The summed E-state index contributed by atoms with van der Waals surface area (Å²) in [5, 5.41) is 12.4. The normalized spacial score (nSPS) is 17.7. The van der Waals surface area contributed by atoms with Gasteiger partial charge < -0.3 is 16.5 Å². The van der Waals surface area contributed by atoms with Crippen molar-refractivity contribution < 1.29 is 0 Å². The van der Waals surface area contributed by atoms with Gasteiger partial charge in [0.25, 0.3) is 0 Å². The highest BCUT2D eigenvalue weighted by Crippen LogP contribution is 2.34. The summed E-state index contributed by atoms with van der Waals surface area (Å²) in [4.78, 5) is 8.83. The SMILES string of the molecule is CCCN/C=C\C(N)=NC1=C(C=NC)CCC(=N)/C1=C(\C)c1cccc(Cl)c1. The highest BCUT2D eigenvalue weighted by molar-refractivity contribution is 6.30. The minimum atomic E-state index is 0.381. The van der Waals surface area contributed by atoms with Crippen LogP contribution >= 0.6 is 11.6 Å². The molecule has 1 aromatic carbocycles. The fraction of sp³-hybridized carbons (Fsp3) is 0.318. The number of benzene rings is 1. The predicted molar refractivity (Wildman–Crippen MR) is 122 cm³/mol. The monoisotopic (exact) mass is 397 g/mol. The number of hydrogen-bond donors (Lipinski definition) is 3. The number of aliphatic imine (C=N–C) groups is 2. The molecule has 28 heavy (non-hydrogen) atoms. The molecule has 5 nitrogen and oxygen atoms in total. The third-order valence-corrected chi connectivity index (χ3v) is 4.65. The topological polar surface area (TPSA) is 86.6 Å². The summed E-state index contributed by atoms with van der Waals surface area (Å²) < 4.78 is 0. The second kappa shape index (κ2) is 10.6. The highest BCUT2D eigenvalue weighted by atomic mass is 35.5. The van der Waals surface area contributed by atoms with Crippen LogP contribution in [0.15, 0.2) is 63.4 Å². The molecule has 0 atom stereocenters. The lowest BCUT2D eigenvalue weighted by Gasteiger charge is -2.22. The molecule has 0 heterocycles. The van der Waals surface area contributed by atoms with Gasteiger partial charge in [0.2, 0.25) is 0 Å². The zero-order valence-corrected chi connectivity index (χ0v) is 17.5. The Morgan fingerprint density at radius 2 is 2.14 bits per heavy atom. The first-order chi connectivity index (χ1) is 13.5. The van der Waals surface area contributed by atoms with Gasteiger partial charge in [-0.1, -0.05) is 30.7 Å². The van der Waals surface area contributed by atoms with Crippen LogP contribution in [0.25, 0.3) is 5.57 Å². The van der Waals surface area contributed by atoms with Crippen molar-refractivity contribution in [2.75, 3.05) is 13.6 Å². The molecule has 1 aliphatic rings. The van der Waals surface area contributed by atoms with Gasteiger partial charge in [-0.2, -0.15) is 0 Å². The molecule has 0 saturated carbocycles. The molecule has 6 heteroatoms. The van der Waals surface area contributed by atoms with Gasteiger partial charge in [-0.15, -0.1) is 0 Å². The lowest BCUT2D eigenvalue weighted by atomic mass is 9.86. The molecule has 0 aliphatic heterocycles. The summed E-state index contributed by atoms with van der Waals surface area (Å²) in [6, 6.07) is 7.64. The average Bonchev–Trinajstić information content (AvgIpc) is 2.67. The molecular formula is C22H28ClN5. The molecule has 0 bridgehead atoms. The van der Waals surface area contributed by atoms with Crippen molar-refractivity contribution in [1.82, 2.24) is 5.32 Å². The molecule has 1 aromatic rings. The molecule has 0 unspecified atom stereocenters. The molecule has 0 fully saturated rings. The number of nitrogens with one attached hydrogen (secondary N) is 2. The van der Waals surface area contributed by atoms with Gasteiger partial charge in [-0.3, -0.25) is 4.99 Å². The van der Waals surface area contributed by atoms with Crippen LogP contribution in [0.2, 0.25) is 5.02 Å². The Balaban J connectivity index is 2.57. The fourth-order valence-corrected chi connectivity index (χ4v) is 3.21. The molecule has 148 valence electrons. The van der Waals surface area contributed by atoms with E-state index < -0.39 is 0 Å². The Hall–Kier alpha value is -2.66. The second-order valence-corrected chi connectivity index (χ2v) is 7.01. The first kappa shape index (κ1) is 21.6. The summed E-state index contributed by atoms with van der Waals surface area (Å²) in [5.74, 6) is 0.381. The second-order valence-electron chi connectivity index (χ2n) is 6.57. The van der Waals surface area contributed by atoms with E-state index in [2.05, 4.69) is 22.2 Å². The van der Waals surface area contributed by atoms with Crippen LogP contribution < -0.4 is 11.1 Å². The predicted octanol–water partition coefficient (Wildman–Crippen LogP) is 4.75. The quantitative estimate of drug-likeness (QED) is 0.352. The molecule has 0 spiro atoms. The number of allylic oxidation sites excluding steroid dienone is 3. The zero-order valence-electron chi connectivity index (χ0n) is 16.7. The summed E-state index contributed by atoms with van der Waals surface area (Å²) >= 11 is 6.17. The minimum Gasteiger partial charge on any atom is -0.391 e. The number of nitrogens with two attached hydrogens (primary N) is 1. The molecule has 0 radical (unpaired) electrons. The van der Waals surface area contributed by atoms with E-state index in [4.69, 9.17) is 22.7 Å². The van der Waals surface area contributed by atoms with Crippen LogP contribution in [0, 0.1) is 5.41 Å².